The zero-order valence-corrected chi connectivity index (χ0v) is 28.1. The van der Waals surface area contributed by atoms with Crippen molar-refractivity contribution in [3.8, 4) is 22.3 Å². The van der Waals surface area contributed by atoms with E-state index in [0.717, 1.165) is 17.1 Å². The number of hydrogen-bond donors (Lipinski definition) is 0. The molecule has 0 saturated carbocycles. The fraction of sp³-hybridized carbons (Fsp3) is 0. The highest BCUT2D eigenvalue weighted by atomic mass is 32.1. The first-order valence-corrected chi connectivity index (χ1v) is 17.9. The van der Waals surface area contributed by atoms with Gasteiger partial charge in [0.15, 0.2) is 0 Å². The molecule has 10 rings (SSSR count). The molecule has 0 aliphatic carbocycles. The van der Waals surface area contributed by atoms with Gasteiger partial charge in [0.05, 0.1) is 0 Å². The van der Waals surface area contributed by atoms with E-state index in [1.807, 2.05) is 11.3 Å². The van der Waals surface area contributed by atoms with Crippen LogP contribution in [0.5, 0.6) is 0 Å². The zero-order chi connectivity index (χ0) is 33.0. The van der Waals surface area contributed by atoms with E-state index in [1.54, 1.807) is 0 Å². The molecule has 0 fully saturated rings. The Kier molecular flexibility index (Phi) is 6.75. The van der Waals surface area contributed by atoms with Crippen molar-refractivity contribution in [2.24, 2.45) is 0 Å². The van der Waals surface area contributed by atoms with Crippen molar-refractivity contribution in [1.29, 1.82) is 0 Å². The third kappa shape index (κ3) is 4.84. The van der Waals surface area contributed by atoms with E-state index in [-0.39, 0.29) is 0 Å². The molecule has 0 unspecified atom stereocenters. The van der Waals surface area contributed by atoms with Gasteiger partial charge in [-0.15, -0.1) is 11.3 Å². The molecule has 0 radical (unpaired) electrons. The van der Waals surface area contributed by atoms with Crippen molar-refractivity contribution in [2.75, 3.05) is 4.90 Å². The number of anilines is 3. The molecule has 1 heterocycles. The topological polar surface area (TPSA) is 3.24 Å². The molecule has 0 amide bonds. The summed E-state index contributed by atoms with van der Waals surface area (Å²) < 4.78 is 2.62. The van der Waals surface area contributed by atoms with E-state index in [0.29, 0.717) is 0 Å². The quantitative estimate of drug-likeness (QED) is 0.167. The minimum atomic E-state index is 1.12. The van der Waals surface area contributed by atoms with Crippen molar-refractivity contribution in [2.45, 2.75) is 0 Å². The average Bonchev–Trinajstić information content (AvgIpc) is 3.56. The Morgan fingerprint density at radius 3 is 1.78 bits per heavy atom. The average molecular weight is 654 g/mol. The fourth-order valence-electron chi connectivity index (χ4n) is 7.58. The van der Waals surface area contributed by atoms with Crippen LogP contribution in [0.4, 0.5) is 17.1 Å². The molecule has 2 heteroatoms. The van der Waals surface area contributed by atoms with E-state index >= 15 is 0 Å². The van der Waals surface area contributed by atoms with Crippen LogP contribution >= 0.6 is 11.3 Å². The smallest absolute Gasteiger partial charge is 0.0468 e. The normalized spacial score (nSPS) is 11.6. The largest absolute Gasteiger partial charge is 0.310 e. The standard InChI is InChI=1S/C48H31NS/c1-2-11-34-28-36(21-20-32(34)10-1)35-13-9-14-39(29-35)49(40-26-27-48-46(31-40)44-18-7-8-19-47(44)50-48)38-24-22-33(23-25-38)45-30-37-12-3-4-15-41(37)42-16-5-6-17-43(42)45/h1-31H. The molecule has 0 N–H and O–H groups in total. The van der Waals surface area contributed by atoms with Crippen LogP contribution in [-0.2, 0) is 0 Å². The molecule has 9 aromatic carbocycles. The van der Waals surface area contributed by atoms with Gasteiger partial charge < -0.3 is 4.90 Å². The van der Waals surface area contributed by atoms with Crippen LogP contribution in [0, 0.1) is 0 Å². The molecule has 10 aromatic rings. The van der Waals surface area contributed by atoms with Crippen LogP contribution in [0.1, 0.15) is 0 Å². The van der Waals surface area contributed by atoms with Gasteiger partial charge >= 0.3 is 0 Å². The highest BCUT2D eigenvalue weighted by Gasteiger charge is 2.17. The molecule has 1 aromatic heterocycles. The first-order chi connectivity index (χ1) is 24.8. The summed E-state index contributed by atoms with van der Waals surface area (Å²) in [5.74, 6) is 0. The number of nitrogens with zero attached hydrogens (tertiary/aromatic N) is 1. The lowest BCUT2D eigenvalue weighted by molar-refractivity contribution is 1.29. The summed E-state index contributed by atoms with van der Waals surface area (Å²) in [6.07, 6.45) is 0. The van der Waals surface area contributed by atoms with Crippen LogP contribution in [-0.4, -0.2) is 0 Å². The van der Waals surface area contributed by atoms with Gasteiger partial charge in [0.1, 0.15) is 0 Å². The van der Waals surface area contributed by atoms with E-state index in [9.17, 15) is 0 Å². The Morgan fingerprint density at radius 2 is 0.920 bits per heavy atom. The van der Waals surface area contributed by atoms with Gasteiger partial charge in [-0.25, -0.2) is 0 Å². The van der Waals surface area contributed by atoms with Gasteiger partial charge in [-0.2, -0.15) is 0 Å². The second-order valence-corrected chi connectivity index (χ2v) is 14.0. The number of benzene rings is 9. The van der Waals surface area contributed by atoms with E-state index < -0.39 is 0 Å². The van der Waals surface area contributed by atoms with Crippen LogP contribution in [0.15, 0.2) is 188 Å². The summed E-state index contributed by atoms with van der Waals surface area (Å²) in [5.41, 5.74) is 8.25. The molecule has 0 spiro atoms. The fourth-order valence-corrected chi connectivity index (χ4v) is 8.66. The summed E-state index contributed by atoms with van der Waals surface area (Å²) in [7, 11) is 0. The highest BCUT2D eigenvalue weighted by Crippen LogP contribution is 2.43. The second-order valence-electron chi connectivity index (χ2n) is 13.0. The Labute approximate surface area is 294 Å². The maximum absolute atomic E-state index is 2.40. The summed E-state index contributed by atoms with van der Waals surface area (Å²) in [6, 6.07) is 68.8. The SMILES string of the molecule is c1cc(-c2ccc3ccccc3c2)cc(N(c2ccc(-c3cc4ccccc4c4ccccc34)cc2)c2ccc3sc4ccccc4c3c2)c1. The number of fused-ring (bicyclic) bond motifs is 7. The maximum Gasteiger partial charge on any atom is 0.0468 e. The Morgan fingerprint density at radius 1 is 0.300 bits per heavy atom. The summed E-state index contributed by atoms with van der Waals surface area (Å²) in [4.78, 5) is 2.40. The molecule has 0 aliphatic heterocycles. The molecule has 50 heavy (non-hydrogen) atoms. The molecule has 234 valence electrons. The van der Waals surface area contributed by atoms with Gasteiger partial charge in [0, 0.05) is 37.2 Å². The van der Waals surface area contributed by atoms with Crippen molar-refractivity contribution in [3.05, 3.63) is 188 Å². The third-order valence-corrected chi connectivity index (χ3v) is 11.2. The minimum absolute atomic E-state index is 1.12. The molecule has 0 atom stereocenters. The number of hydrogen-bond acceptors (Lipinski definition) is 2. The van der Waals surface area contributed by atoms with Crippen LogP contribution in [0.2, 0.25) is 0 Å². The first kappa shape index (κ1) is 28.8. The first-order valence-electron chi connectivity index (χ1n) is 17.1. The van der Waals surface area contributed by atoms with Crippen molar-refractivity contribution >= 4 is 80.9 Å². The molecule has 0 aliphatic rings. The highest BCUT2D eigenvalue weighted by molar-refractivity contribution is 7.25. The second kappa shape index (κ2) is 11.7. The number of rotatable bonds is 5. The predicted octanol–water partition coefficient (Wildman–Crippen LogP) is 14.3. The van der Waals surface area contributed by atoms with Crippen molar-refractivity contribution < 1.29 is 0 Å². The minimum Gasteiger partial charge on any atom is -0.310 e. The lowest BCUT2D eigenvalue weighted by Crippen LogP contribution is -2.10. The maximum atomic E-state index is 2.40. The monoisotopic (exact) mass is 653 g/mol. The summed E-state index contributed by atoms with van der Waals surface area (Å²) >= 11 is 1.86. The third-order valence-electron chi connectivity index (χ3n) is 10.0. The lowest BCUT2D eigenvalue weighted by atomic mass is 9.93. The van der Waals surface area contributed by atoms with Gasteiger partial charge in [-0.1, -0.05) is 127 Å². The van der Waals surface area contributed by atoms with Gasteiger partial charge in [-0.05, 0) is 115 Å². The predicted molar refractivity (Wildman–Crippen MR) is 217 cm³/mol. The van der Waals surface area contributed by atoms with E-state index in [4.69, 9.17) is 0 Å². The van der Waals surface area contributed by atoms with Gasteiger partial charge in [-0.3, -0.25) is 0 Å². The molecular weight excluding hydrogens is 623 g/mol. The van der Waals surface area contributed by atoms with Crippen LogP contribution in [0.25, 0.3) is 74.7 Å². The lowest BCUT2D eigenvalue weighted by Gasteiger charge is -2.26. The van der Waals surface area contributed by atoms with Crippen LogP contribution < -0.4 is 4.90 Å². The Balaban J connectivity index is 1.13. The van der Waals surface area contributed by atoms with Gasteiger partial charge in [0.2, 0.25) is 0 Å². The summed E-state index contributed by atoms with van der Waals surface area (Å²) in [6.45, 7) is 0. The molecular formula is C48H31NS. The van der Waals surface area contributed by atoms with E-state index in [2.05, 4.69) is 193 Å². The Bertz CT molecular complexity index is 2880. The molecule has 0 saturated heterocycles. The van der Waals surface area contributed by atoms with Gasteiger partial charge in [0.25, 0.3) is 0 Å². The number of thiophene rings is 1. The van der Waals surface area contributed by atoms with Crippen LogP contribution in [0.3, 0.4) is 0 Å². The van der Waals surface area contributed by atoms with E-state index in [1.165, 1.54) is 74.7 Å². The zero-order valence-electron chi connectivity index (χ0n) is 27.3. The van der Waals surface area contributed by atoms with Crippen molar-refractivity contribution in [1.82, 2.24) is 0 Å². The van der Waals surface area contributed by atoms with Crippen molar-refractivity contribution in [3.63, 3.8) is 0 Å². The molecule has 0 bridgehead atoms. The summed E-state index contributed by atoms with van der Waals surface area (Å²) in [5, 5.41) is 10.2. The Hall–Kier alpha value is -6.22. The molecule has 1 nitrogen and oxygen atoms in total.